The highest BCUT2D eigenvalue weighted by Gasteiger charge is 2.73. The number of carbonyl (C=O) groups is 2. The van der Waals surface area contributed by atoms with Crippen LogP contribution in [0.1, 0.15) is 20.7 Å². The Labute approximate surface area is 146 Å². The number of fused-ring (bicyclic) bond motifs is 1. The monoisotopic (exact) mass is 485 g/mol. The summed E-state index contributed by atoms with van der Waals surface area (Å²) in [7, 11) is 0. The van der Waals surface area contributed by atoms with Gasteiger partial charge in [0, 0.05) is 8.95 Å². The summed E-state index contributed by atoms with van der Waals surface area (Å²) >= 11 is 5.78. The highest BCUT2D eigenvalue weighted by atomic mass is 79.9. The van der Waals surface area contributed by atoms with E-state index in [0.717, 1.165) is 0 Å². The molecule has 1 aliphatic heterocycles. The highest BCUT2D eigenvalue weighted by Crippen LogP contribution is 2.47. The van der Waals surface area contributed by atoms with Gasteiger partial charge in [0.25, 0.3) is 11.8 Å². The molecule has 2 amide bonds. The van der Waals surface area contributed by atoms with Crippen LogP contribution in [0.5, 0.6) is 0 Å². The van der Waals surface area contributed by atoms with Crippen molar-refractivity contribution in [1.82, 2.24) is 4.90 Å². The summed E-state index contributed by atoms with van der Waals surface area (Å²) < 4.78 is 89.4. The van der Waals surface area contributed by atoms with Crippen LogP contribution in [0.4, 0.5) is 30.7 Å². The topological polar surface area (TPSA) is 37.4 Å². The van der Waals surface area contributed by atoms with Crippen molar-refractivity contribution in [3.8, 4) is 0 Å². The quantitative estimate of drug-likeness (QED) is 0.461. The number of hydrogen-bond acceptors (Lipinski definition) is 2. The molecule has 24 heavy (non-hydrogen) atoms. The first-order valence-electron chi connectivity index (χ1n) is 5.89. The SMILES string of the molecule is O=C1c2c(Br)ccc(Br)c2C(=O)N1CC(F)(F)C(F)(F)C(F)(F)F. The Balaban J connectivity index is 2.43. The third-order valence-corrected chi connectivity index (χ3v) is 4.52. The van der Waals surface area contributed by atoms with Gasteiger partial charge in [0.05, 0.1) is 17.7 Å². The van der Waals surface area contributed by atoms with E-state index < -0.39 is 47.5 Å². The van der Waals surface area contributed by atoms with Crippen LogP contribution in [-0.4, -0.2) is 41.3 Å². The first kappa shape index (κ1) is 19.2. The van der Waals surface area contributed by atoms with E-state index in [9.17, 15) is 40.3 Å². The van der Waals surface area contributed by atoms with Gasteiger partial charge < -0.3 is 0 Å². The lowest BCUT2D eigenvalue weighted by Gasteiger charge is -2.30. The van der Waals surface area contributed by atoms with Crippen LogP contribution in [0.25, 0.3) is 0 Å². The summed E-state index contributed by atoms with van der Waals surface area (Å²) in [5.74, 6) is -14.9. The maximum atomic E-state index is 13.5. The smallest absolute Gasteiger partial charge is 0.269 e. The van der Waals surface area contributed by atoms with Crippen molar-refractivity contribution in [1.29, 1.82) is 0 Å². The molecule has 0 bridgehead atoms. The van der Waals surface area contributed by atoms with Crippen molar-refractivity contribution in [3.63, 3.8) is 0 Å². The number of alkyl halides is 7. The van der Waals surface area contributed by atoms with Crippen LogP contribution in [0, 0.1) is 0 Å². The number of halogens is 9. The van der Waals surface area contributed by atoms with Gasteiger partial charge in [0.15, 0.2) is 0 Å². The predicted octanol–water partition coefficient (Wildman–Crippen LogP) is 4.64. The summed E-state index contributed by atoms with van der Waals surface area (Å²) in [6.07, 6.45) is -6.55. The predicted molar refractivity (Wildman–Crippen MR) is 73.2 cm³/mol. The molecule has 0 unspecified atom stereocenters. The Hall–Kier alpha value is -1.17. The highest BCUT2D eigenvalue weighted by molar-refractivity contribution is 9.11. The Morgan fingerprint density at radius 1 is 0.833 bits per heavy atom. The molecule has 0 radical (unpaired) electrons. The molecule has 12 heteroatoms. The fraction of sp³-hybridized carbons (Fsp3) is 0.333. The molecule has 0 saturated carbocycles. The Morgan fingerprint density at radius 3 is 1.54 bits per heavy atom. The van der Waals surface area contributed by atoms with E-state index in [0.29, 0.717) is 0 Å². The maximum Gasteiger partial charge on any atom is 0.459 e. The molecule has 2 rings (SSSR count). The van der Waals surface area contributed by atoms with Gasteiger partial charge in [0.1, 0.15) is 0 Å². The van der Waals surface area contributed by atoms with Crippen molar-refractivity contribution in [2.45, 2.75) is 18.0 Å². The van der Waals surface area contributed by atoms with Crippen molar-refractivity contribution in [2.24, 2.45) is 0 Å². The number of amides is 2. The number of nitrogens with zero attached hydrogens (tertiary/aromatic N) is 1. The van der Waals surface area contributed by atoms with Gasteiger partial charge >= 0.3 is 18.0 Å². The summed E-state index contributed by atoms with van der Waals surface area (Å²) in [4.78, 5) is 23.7. The Morgan fingerprint density at radius 2 is 1.21 bits per heavy atom. The summed E-state index contributed by atoms with van der Waals surface area (Å²) in [6, 6.07) is 2.56. The molecule has 0 aliphatic carbocycles. The van der Waals surface area contributed by atoms with Crippen molar-refractivity contribution >= 4 is 43.7 Å². The van der Waals surface area contributed by atoms with Gasteiger partial charge in [0.2, 0.25) is 0 Å². The molecule has 0 spiro atoms. The van der Waals surface area contributed by atoms with Crippen LogP contribution < -0.4 is 0 Å². The van der Waals surface area contributed by atoms with Crippen molar-refractivity contribution < 1.29 is 40.3 Å². The van der Waals surface area contributed by atoms with Crippen molar-refractivity contribution in [2.75, 3.05) is 6.54 Å². The van der Waals surface area contributed by atoms with Crippen LogP contribution in [0.3, 0.4) is 0 Å². The third-order valence-electron chi connectivity index (χ3n) is 3.19. The fourth-order valence-electron chi connectivity index (χ4n) is 1.98. The molecule has 1 heterocycles. The van der Waals surface area contributed by atoms with E-state index in [-0.39, 0.29) is 13.8 Å². The zero-order valence-corrected chi connectivity index (χ0v) is 14.2. The molecule has 1 aliphatic rings. The van der Waals surface area contributed by atoms with E-state index >= 15 is 0 Å². The number of rotatable bonds is 3. The molecule has 0 aromatic heterocycles. The summed E-state index contributed by atoms with van der Waals surface area (Å²) in [5.41, 5.74) is -0.805. The van der Waals surface area contributed by atoms with Gasteiger partial charge in [-0.2, -0.15) is 30.7 Å². The first-order chi connectivity index (χ1) is 10.7. The average Bonchev–Trinajstić information content (AvgIpc) is 2.67. The molecular formula is C12H4Br2F7NO2. The van der Waals surface area contributed by atoms with Crippen LogP contribution in [0.2, 0.25) is 0 Å². The Bertz CT molecular complexity index is 692. The molecule has 1 aromatic carbocycles. The van der Waals surface area contributed by atoms with Gasteiger partial charge in [-0.25, -0.2) is 0 Å². The van der Waals surface area contributed by atoms with Crippen LogP contribution in [0.15, 0.2) is 21.1 Å². The minimum atomic E-state index is -6.55. The molecule has 0 saturated heterocycles. The number of carbonyl (C=O) groups excluding carboxylic acids is 2. The normalized spacial score (nSPS) is 16.0. The second-order valence-electron chi connectivity index (χ2n) is 4.75. The molecular weight excluding hydrogens is 483 g/mol. The van der Waals surface area contributed by atoms with E-state index in [1.165, 1.54) is 12.1 Å². The number of benzene rings is 1. The third kappa shape index (κ3) is 2.72. The zero-order chi connectivity index (χ0) is 18.7. The molecule has 0 N–H and O–H groups in total. The lowest BCUT2D eigenvalue weighted by molar-refractivity contribution is -0.354. The molecule has 0 fully saturated rings. The van der Waals surface area contributed by atoms with E-state index in [1.807, 2.05) is 0 Å². The second kappa shape index (κ2) is 5.68. The van der Waals surface area contributed by atoms with Gasteiger partial charge in [-0.1, -0.05) is 0 Å². The summed E-state index contributed by atoms with van der Waals surface area (Å²) in [6.45, 7) is -2.41. The Kier molecular flexibility index (Phi) is 4.54. The largest absolute Gasteiger partial charge is 0.459 e. The van der Waals surface area contributed by atoms with Crippen molar-refractivity contribution in [3.05, 3.63) is 32.2 Å². The number of hydrogen-bond donors (Lipinski definition) is 0. The van der Waals surface area contributed by atoms with Crippen LogP contribution in [-0.2, 0) is 0 Å². The van der Waals surface area contributed by atoms with E-state index in [4.69, 9.17) is 0 Å². The van der Waals surface area contributed by atoms with Crippen LogP contribution >= 0.6 is 31.9 Å². The molecule has 0 atom stereocenters. The van der Waals surface area contributed by atoms with E-state index in [1.54, 1.807) is 0 Å². The minimum Gasteiger partial charge on any atom is -0.269 e. The average molecular weight is 487 g/mol. The van der Waals surface area contributed by atoms with Gasteiger partial charge in [-0.05, 0) is 44.0 Å². The van der Waals surface area contributed by atoms with Gasteiger partial charge in [-0.15, -0.1) is 0 Å². The number of imide groups is 1. The summed E-state index contributed by atoms with van der Waals surface area (Å²) in [5, 5.41) is 0. The maximum absolute atomic E-state index is 13.5. The van der Waals surface area contributed by atoms with E-state index in [2.05, 4.69) is 31.9 Å². The standard InChI is InChI=1S/C12H4Br2F7NO2/c13-4-1-2-5(14)7-6(4)8(23)22(9(7)24)3-10(15,16)11(17,18)12(19,20)21/h1-2H,3H2. The molecule has 1 aromatic rings. The zero-order valence-electron chi connectivity index (χ0n) is 11.0. The molecule has 132 valence electrons. The molecule has 3 nitrogen and oxygen atoms in total. The minimum absolute atomic E-state index is 0.00690. The fourth-order valence-corrected chi connectivity index (χ4v) is 2.98. The second-order valence-corrected chi connectivity index (χ2v) is 6.46. The lowest BCUT2D eigenvalue weighted by Crippen LogP contribution is -2.57. The van der Waals surface area contributed by atoms with Gasteiger partial charge in [-0.3, -0.25) is 14.5 Å². The lowest BCUT2D eigenvalue weighted by atomic mass is 10.1. The first-order valence-corrected chi connectivity index (χ1v) is 7.47.